The van der Waals surface area contributed by atoms with Crippen molar-refractivity contribution >= 4 is 28.0 Å². The van der Waals surface area contributed by atoms with E-state index >= 15 is 0 Å². The first-order chi connectivity index (χ1) is 17.4. The second-order valence-corrected chi connectivity index (χ2v) is 10.5. The number of imidazole rings is 1. The molecule has 6 rings (SSSR count). The van der Waals surface area contributed by atoms with E-state index in [-0.39, 0.29) is 5.54 Å². The number of aromatic amines is 1. The van der Waals surface area contributed by atoms with Crippen LogP contribution in [0, 0.1) is 0 Å². The summed E-state index contributed by atoms with van der Waals surface area (Å²) in [6.45, 7) is 14.0. The molecule has 0 spiro atoms. The lowest BCUT2D eigenvalue weighted by Crippen LogP contribution is -2.46. The van der Waals surface area contributed by atoms with Gasteiger partial charge >= 0.3 is 0 Å². The second-order valence-electron chi connectivity index (χ2n) is 10.5. The van der Waals surface area contributed by atoms with Crippen molar-refractivity contribution in [2.45, 2.75) is 33.2 Å². The summed E-state index contributed by atoms with van der Waals surface area (Å²) < 4.78 is 2.22. The van der Waals surface area contributed by atoms with Gasteiger partial charge in [0.25, 0.3) is 0 Å². The largest absolute Gasteiger partial charge is 0.354 e. The lowest BCUT2D eigenvalue weighted by Gasteiger charge is -2.34. The van der Waals surface area contributed by atoms with Gasteiger partial charge in [-0.2, -0.15) is 0 Å². The predicted molar refractivity (Wildman–Crippen MR) is 145 cm³/mol. The van der Waals surface area contributed by atoms with E-state index in [0.717, 1.165) is 83.1 Å². The average Bonchev–Trinajstić information content (AvgIpc) is 3.52. The zero-order valence-corrected chi connectivity index (χ0v) is 21.4. The van der Waals surface area contributed by atoms with E-state index in [0.29, 0.717) is 0 Å². The second kappa shape index (κ2) is 8.71. The van der Waals surface area contributed by atoms with Crippen LogP contribution in [0.2, 0.25) is 0 Å². The van der Waals surface area contributed by atoms with E-state index in [4.69, 9.17) is 9.97 Å². The maximum Gasteiger partial charge on any atom is 0.156 e. The first-order valence-electron chi connectivity index (χ1n) is 12.7. The average molecular weight is 481 g/mol. The summed E-state index contributed by atoms with van der Waals surface area (Å²) in [4.78, 5) is 27.1. The minimum absolute atomic E-state index is 0.0528. The van der Waals surface area contributed by atoms with Crippen molar-refractivity contribution in [1.82, 2.24) is 34.4 Å². The normalized spacial score (nSPS) is 15.3. The van der Waals surface area contributed by atoms with Crippen LogP contribution in [0.1, 0.15) is 27.7 Å². The Morgan fingerprint density at radius 3 is 2.56 bits per heavy atom. The molecule has 36 heavy (non-hydrogen) atoms. The van der Waals surface area contributed by atoms with Gasteiger partial charge in [-0.1, -0.05) is 13.0 Å². The van der Waals surface area contributed by atoms with Crippen molar-refractivity contribution in [2.75, 3.05) is 37.6 Å². The summed E-state index contributed by atoms with van der Waals surface area (Å²) >= 11 is 0. The van der Waals surface area contributed by atoms with E-state index in [1.54, 1.807) is 0 Å². The van der Waals surface area contributed by atoms with Gasteiger partial charge in [-0.25, -0.2) is 19.9 Å². The molecule has 4 aromatic heterocycles. The maximum atomic E-state index is 5.06. The number of pyridine rings is 1. The minimum Gasteiger partial charge on any atom is -0.354 e. The van der Waals surface area contributed by atoms with Crippen LogP contribution in [0.5, 0.6) is 0 Å². The molecule has 0 amide bonds. The Hall–Kier alpha value is -3.78. The van der Waals surface area contributed by atoms with E-state index in [9.17, 15) is 0 Å². The number of nitrogens with one attached hydrogen (secondary N) is 1. The number of benzene rings is 1. The highest BCUT2D eigenvalue weighted by Gasteiger charge is 2.19. The molecule has 8 nitrogen and oxygen atoms in total. The highest BCUT2D eigenvalue weighted by atomic mass is 15.3. The van der Waals surface area contributed by atoms with Gasteiger partial charge in [0, 0.05) is 55.2 Å². The molecule has 0 atom stereocenters. The lowest BCUT2D eigenvalue weighted by molar-refractivity contribution is 0.270. The van der Waals surface area contributed by atoms with Crippen LogP contribution in [0.15, 0.2) is 55.2 Å². The summed E-state index contributed by atoms with van der Waals surface area (Å²) in [5.41, 5.74) is 7.70. The van der Waals surface area contributed by atoms with Crippen LogP contribution >= 0.6 is 0 Å². The fraction of sp³-hybridized carbons (Fsp3) is 0.357. The van der Waals surface area contributed by atoms with Gasteiger partial charge in [0.05, 0.1) is 29.3 Å². The fourth-order valence-electron chi connectivity index (χ4n) is 5.00. The molecule has 1 N–H and O–H groups in total. The molecule has 1 saturated heterocycles. The van der Waals surface area contributed by atoms with Crippen LogP contribution in [-0.4, -0.2) is 67.1 Å². The zero-order chi connectivity index (χ0) is 24.9. The molecule has 1 aliphatic rings. The molecule has 0 aliphatic carbocycles. The third-order valence-electron chi connectivity index (χ3n) is 7.15. The number of piperazine rings is 1. The Labute approximate surface area is 211 Å². The number of anilines is 1. The molecule has 184 valence electrons. The van der Waals surface area contributed by atoms with E-state index < -0.39 is 0 Å². The highest BCUT2D eigenvalue weighted by molar-refractivity contribution is 5.94. The van der Waals surface area contributed by atoms with Crippen molar-refractivity contribution in [3.8, 4) is 22.4 Å². The number of rotatable bonds is 4. The Bertz CT molecular complexity index is 1530. The van der Waals surface area contributed by atoms with Crippen LogP contribution in [0.4, 0.5) is 5.82 Å². The molecule has 8 heteroatoms. The molecule has 0 saturated carbocycles. The number of fused-ring (bicyclic) bond motifs is 2. The number of hydrogen-bond donors (Lipinski definition) is 1. The monoisotopic (exact) mass is 480 g/mol. The summed E-state index contributed by atoms with van der Waals surface area (Å²) in [7, 11) is 0. The van der Waals surface area contributed by atoms with Gasteiger partial charge < -0.3 is 19.4 Å². The lowest BCUT2D eigenvalue weighted by atomic mass is 10.1. The fourth-order valence-corrected chi connectivity index (χ4v) is 5.00. The van der Waals surface area contributed by atoms with Gasteiger partial charge in [0.15, 0.2) is 5.65 Å². The summed E-state index contributed by atoms with van der Waals surface area (Å²) in [5.74, 6) is 1.00. The van der Waals surface area contributed by atoms with Gasteiger partial charge in [-0.3, -0.25) is 0 Å². The SMILES string of the molecule is CCN1CCN(c2cc(-c3cnc4[nH]cc(-c5ccc6ncn(C(C)(C)C)c6c5)c4n3)ccn2)CC1. The number of hydrogen-bond acceptors (Lipinski definition) is 6. The quantitative estimate of drug-likeness (QED) is 0.393. The van der Waals surface area contributed by atoms with Crippen LogP contribution in [-0.2, 0) is 5.54 Å². The molecule has 5 heterocycles. The van der Waals surface area contributed by atoms with E-state index in [1.807, 2.05) is 31.0 Å². The highest BCUT2D eigenvalue weighted by Crippen LogP contribution is 2.32. The number of likely N-dealkylation sites (N-methyl/N-ethyl adjacent to an activating group) is 1. The van der Waals surface area contributed by atoms with Crippen molar-refractivity contribution in [1.29, 1.82) is 0 Å². The predicted octanol–water partition coefficient (Wildman–Crippen LogP) is 4.93. The molecule has 5 aromatic rings. The van der Waals surface area contributed by atoms with E-state index in [2.05, 4.69) is 81.3 Å². The first-order valence-corrected chi connectivity index (χ1v) is 12.7. The summed E-state index contributed by atoms with van der Waals surface area (Å²) in [6, 6.07) is 10.5. The smallest absolute Gasteiger partial charge is 0.156 e. The third-order valence-corrected chi connectivity index (χ3v) is 7.15. The summed E-state index contributed by atoms with van der Waals surface area (Å²) in [5, 5.41) is 0. The molecular weight excluding hydrogens is 448 g/mol. The van der Waals surface area contributed by atoms with Gasteiger partial charge in [-0.05, 0) is 57.1 Å². The van der Waals surface area contributed by atoms with Crippen LogP contribution in [0.25, 0.3) is 44.6 Å². The molecular formula is C28H32N8. The topological polar surface area (TPSA) is 78.8 Å². The minimum atomic E-state index is -0.0528. The standard InChI is InChI=1S/C28H32N8/c1-5-34-10-12-35(13-11-34)25-15-20(8-9-29-25)23-17-31-27-26(33-23)21(16-30-27)19-6-7-22-24(14-19)36(18-32-22)28(2,3)4/h6-9,14-18H,5,10-13H2,1-4H3,(H,30,31). The molecule has 1 fully saturated rings. The zero-order valence-electron chi connectivity index (χ0n) is 21.4. The third kappa shape index (κ3) is 4.01. The van der Waals surface area contributed by atoms with Crippen molar-refractivity contribution in [3.63, 3.8) is 0 Å². The molecule has 0 unspecified atom stereocenters. The van der Waals surface area contributed by atoms with Crippen molar-refractivity contribution in [3.05, 3.63) is 55.2 Å². The molecule has 0 bridgehead atoms. The molecule has 0 radical (unpaired) electrons. The van der Waals surface area contributed by atoms with Crippen LogP contribution < -0.4 is 4.90 Å². The molecule has 1 aliphatic heterocycles. The summed E-state index contributed by atoms with van der Waals surface area (Å²) in [6.07, 6.45) is 7.64. The van der Waals surface area contributed by atoms with Gasteiger partial charge in [0.2, 0.25) is 0 Å². The maximum absolute atomic E-state index is 5.06. The molecule has 1 aromatic carbocycles. The van der Waals surface area contributed by atoms with Gasteiger partial charge in [0.1, 0.15) is 11.3 Å². The number of nitrogens with zero attached hydrogens (tertiary/aromatic N) is 7. The number of H-pyrrole nitrogens is 1. The first kappa shape index (κ1) is 22.7. The van der Waals surface area contributed by atoms with Crippen LogP contribution in [0.3, 0.4) is 0 Å². The number of aromatic nitrogens is 6. The van der Waals surface area contributed by atoms with E-state index in [1.165, 1.54) is 0 Å². The van der Waals surface area contributed by atoms with Crippen molar-refractivity contribution < 1.29 is 0 Å². The van der Waals surface area contributed by atoms with Crippen molar-refractivity contribution in [2.24, 2.45) is 0 Å². The Kier molecular flexibility index (Phi) is 5.48. The Morgan fingerprint density at radius 1 is 0.944 bits per heavy atom. The Morgan fingerprint density at radius 2 is 1.78 bits per heavy atom. The Balaban J connectivity index is 1.37. The van der Waals surface area contributed by atoms with Gasteiger partial charge in [-0.15, -0.1) is 0 Å².